The molecule has 0 aliphatic heterocycles. The number of likely N-dealkylation sites (N-methyl/N-ethyl adjacent to an activating group) is 1. The molecule has 2 unspecified atom stereocenters. The summed E-state index contributed by atoms with van der Waals surface area (Å²) < 4.78 is 22.9. The Kier molecular flexibility index (Phi) is 81.1. The summed E-state index contributed by atoms with van der Waals surface area (Å²) in [4.78, 5) is 37.7. The fourth-order valence-corrected chi connectivity index (χ4v) is 14.4. The van der Waals surface area contributed by atoms with Crippen molar-refractivity contribution in [1.82, 2.24) is 0 Å². The number of hydrogen-bond donors (Lipinski definition) is 0. The Labute approximate surface area is 625 Å². The summed E-state index contributed by atoms with van der Waals surface area (Å²) in [7, 11) is 5.96. The quantitative estimate of drug-likeness (QED) is 0.0195. The molecule has 0 fully saturated rings. The van der Waals surface area contributed by atoms with Crippen LogP contribution in [0, 0.1) is 0 Å². The second kappa shape index (κ2) is 82.7. The first-order valence-electron chi connectivity index (χ1n) is 45.3. The van der Waals surface area contributed by atoms with Crippen molar-refractivity contribution in [3.8, 4) is 0 Å². The second-order valence-corrected chi connectivity index (χ2v) is 32.6. The summed E-state index contributed by atoms with van der Waals surface area (Å²) in [5.74, 6) is -2.24. The molecule has 594 valence electrons. The minimum Gasteiger partial charge on any atom is -0.545 e. The molecule has 0 bridgehead atoms. The number of aliphatic carboxylic acids is 1. The normalized spacial score (nSPS) is 12.5. The molecule has 100 heavy (non-hydrogen) atoms. The maximum atomic E-state index is 13.0. The highest BCUT2D eigenvalue weighted by molar-refractivity contribution is 5.70. The van der Waals surface area contributed by atoms with E-state index in [9.17, 15) is 19.5 Å². The predicted octanol–water partition coefficient (Wildman–Crippen LogP) is 28.1. The van der Waals surface area contributed by atoms with Crippen LogP contribution >= 0.6 is 0 Å². The van der Waals surface area contributed by atoms with Crippen molar-refractivity contribution in [3.05, 3.63) is 12.2 Å². The number of esters is 2. The molecule has 0 spiro atoms. The van der Waals surface area contributed by atoms with Gasteiger partial charge in [0.1, 0.15) is 13.2 Å². The monoisotopic (exact) mass is 1410 g/mol. The van der Waals surface area contributed by atoms with Crippen molar-refractivity contribution in [1.29, 1.82) is 0 Å². The summed E-state index contributed by atoms with van der Waals surface area (Å²) in [5, 5.41) is 11.9. The number of ether oxygens (including phenoxy) is 4. The molecule has 0 N–H and O–H groups in total. The highest BCUT2D eigenvalue weighted by atomic mass is 16.7. The molecule has 0 heterocycles. The van der Waals surface area contributed by atoms with E-state index in [0.29, 0.717) is 17.4 Å². The van der Waals surface area contributed by atoms with Gasteiger partial charge in [-0.3, -0.25) is 9.59 Å². The first-order chi connectivity index (χ1) is 49.1. The van der Waals surface area contributed by atoms with Gasteiger partial charge in [0, 0.05) is 12.8 Å². The van der Waals surface area contributed by atoms with Gasteiger partial charge in [0.15, 0.2) is 12.4 Å². The van der Waals surface area contributed by atoms with Gasteiger partial charge in [0.25, 0.3) is 0 Å². The lowest BCUT2D eigenvalue weighted by Crippen LogP contribution is -2.44. The van der Waals surface area contributed by atoms with Crippen LogP contribution in [0.3, 0.4) is 0 Å². The maximum Gasteiger partial charge on any atom is 0.306 e. The maximum absolute atomic E-state index is 13.0. The van der Waals surface area contributed by atoms with Crippen molar-refractivity contribution in [2.75, 3.05) is 47.5 Å². The molecule has 0 aliphatic rings. The van der Waals surface area contributed by atoms with E-state index in [4.69, 9.17) is 18.9 Å². The van der Waals surface area contributed by atoms with E-state index >= 15 is 0 Å². The Bertz CT molecular complexity index is 1650. The molecule has 0 aliphatic carbocycles. The van der Waals surface area contributed by atoms with Gasteiger partial charge in [0.05, 0.1) is 40.3 Å². The van der Waals surface area contributed by atoms with Crippen LogP contribution < -0.4 is 5.11 Å². The molecule has 9 heteroatoms. The lowest BCUT2D eigenvalue weighted by Gasteiger charge is -2.26. The molecular formula is C91H177NO8. The fraction of sp³-hybridized carbons (Fsp3) is 0.945. The van der Waals surface area contributed by atoms with Crippen LogP contribution in [0.1, 0.15) is 495 Å². The van der Waals surface area contributed by atoms with E-state index in [2.05, 4.69) is 26.0 Å². The number of carbonyl (C=O) groups is 3. The second-order valence-electron chi connectivity index (χ2n) is 32.6. The zero-order valence-corrected chi connectivity index (χ0v) is 68.4. The SMILES string of the molecule is CCCCCCCCCC/C=C\CCCCCCCCCCCCCCCCCCCCCCCCCC(=O)OC(COC(=O)CCCCCCCCCCCCCCCCCCCCCCCCCCCCCCCCCCCCCCCCCC)COC(OCC[N+](C)(C)C)C(=O)[O-]. The molecule has 0 radical (unpaired) electrons. The highest BCUT2D eigenvalue weighted by Gasteiger charge is 2.22. The molecule has 0 saturated heterocycles. The van der Waals surface area contributed by atoms with Gasteiger partial charge >= 0.3 is 11.9 Å². The molecule has 2 atom stereocenters. The molecular weight excluding hydrogens is 1230 g/mol. The van der Waals surface area contributed by atoms with E-state index in [1.165, 1.54) is 430 Å². The third-order valence-electron chi connectivity index (χ3n) is 21.3. The van der Waals surface area contributed by atoms with Crippen LogP contribution in [0.2, 0.25) is 0 Å². The zero-order chi connectivity index (χ0) is 72.5. The smallest absolute Gasteiger partial charge is 0.306 e. The number of carboxylic acid groups (broad SMARTS) is 1. The zero-order valence-electron chi connectivity index (χ0n) is 68.4. The highest BCUT2D eigenvalue weighted by Crippen LogP contribution is 2.22. The van der Waals surface area contributed by atoms with Crippen LogP contribution in [0.5, 0.6) is 0 Å². The van der Waals surface area contributed by atoms with Crippen LogP contribution in [0.25, 0.3) is 0 Å². The van der Waals surface area contributed by atoms with Gasteiger partial charge in [0.2, 0.25) is 0 Å². The Hall–Kier alpha value is -1.97. The lowest BCUT2D eigenvalue weighted by molar-refractivity contribution is -0.870. The van der Waals surface area contributed by atoms with E-state index in [1.54, 1.807) is 0 Å². The molecule has 9 nitrogen and oxygen atoms in total. The Morgan fingerprint density at radius 3 is 0.740 bits per heavy atom. The van der Waals surface area contributed by atoms with E-state index in [-0.39, 0.29) is 32.2 Å². The van der Waals surface area contributed by atoms with E-state index in [1.807, 2.05) is 21.1 Å². The van der Waals surface area contributed by atoms with Gasteiger partial charge in [-0.25, -0.2) is 0 Å². The number of carboxylic acids is 1. The standard InChI is InChI=1S/C91H177NO8/c1-6-8-10-12-14-16-18-20-22-24-26-28-30-32-34-36-38-40-42-43-44-45-46-48-49-51-53-55-57-59-61-63-65-67-69-71-73-75-77-79-81-88(93)98-85-87(86-99-91(90(95)96)97-84-83-92(3,4)5)100-89(94)82-80-78-76-74-72-70-68-66-64-62-60-58-56-54-52-50-47-41-39-37-35-33-31-29-27-25-23-21-19-17-15-13-11-9-7-2/h25,27,87,91H,6-24,26,28-86H2,1-5H3/b27-25-. The van der Waals surface area contributed by atoms with Gasteiger partial charge in [-0.1, -0.05) is 456 Å². The Morgan fingerprint density at radius 2 is 0.510 bits per heavy atom. The predicted molar refractivity (Wildman–Crippen MR) is 431 cm³/mol. The number of rotatable bonds is 87. The van der Waals surface area contributed by atoms with Crippen molar-refractivity contribution >= 4 is 17.9 Å². The van der Waals surface area contributed by atoms with Gasteiger partial charge in [-0.2, -0.15) is 0 Å². The largest absolute Gasteiger partial charge is 0.545 e. The molecule has 0 amide bonds. The number of nitrogens with zero attached hydrogens (tertiary/aromatic N) is 1. The Morgan fingerprint density at radius 1 is 0.290 bits per heavy atom. The minimum absolute atomic E-state index is 0.153. The summed E-state index contributed by atoms with van der Waals surface area (Å²) in [5.41, 5.74) is 0. The average molecular weight is 1410 g/mol. The van der Waals surface area contributed by atoms with Gasteiger partial charge < -0.3 is 33.3 Å². The number of allylic oxidation sites excluding steroid dienone is 2. The van der Waals surface area contributed by atoms with Crippen LogP contribution in [0.4, 0.5) is 0 Å². The number of quaternary nitrogens is 1. The third kappa shape index (κ3) is 83.3. The number of hydrogen-bond acceptors (Lipinski definition) is 8. The summed E-state index contributed by atoms with van der Waals surface area (Å²) in [6, 6.07) is 0. The molecule has 0 aromatic carbocycles. The van der Waals surface area contributed by atoms with Crippen LogP contribution in [-0.4, -0.2) is 82.3 Å². The number of unbranched alkanes of at least 4 members (excludes halogenated alkanes) is 70. The van der Waals surface area contributed by atoms with Gasteiger partial charge in [-0.05, 0) is 38.5 Å². The average Bonchev–Trinajstić information content (AvgIpc) is 1.67. The van der Waals surface area contributed by atoms with Gasteiger partial charge in [-0.15, -0.1) is 0 Å². The first-order valence-corrected chi connectivity index (χ1v) is 45.3. The van der Waals surface area contributed by atoms with E-state index < -0.39 is 24.3 Å². The first kappa shape index (κ1) is 98.0. The van der Waals surface area contributed by atoms with Crippen LogP contribution in [-0.2, 0) is 33.3 Å². The third-order valence-corrected chi connectivity index (χ3v) is 21.3. The lowest BCUT2D eigenvalue weighted by atomic mass is 10.0. The summed E-state index contributed by atoms with van der Waals surface area (Å²) in [6.07, 6.45) is 103. The topological polar surface area (TPSA) is 111 Å². The Balaban J connectivity index is 3.87. The number of carbonyl (C=O) groups excluding carboxylic acids is 3. The van der Waals surface area contributed by atoms with Crippen molar-refractivity contribution in [2.24, 2.45) is 0 Å². The van der Waals surface area contributed by atoms with Crippen molar-refractivity contribution in [3.63, 3.8) is 0 Å². The molecule has 0 saturated carbocycles. The van der Waals surface area contributed by atoms with Crippen molar-refractivity contribution in [2.45, 2.75) is 508 Å². The fourth-order valence-electron chi connectivity index (χ4n) is 14.4. The molecule has 0 aromatic heterocycles. The van der Waals surface area contributed by atoms with Crippen molar-refractivity contribution < 1.29 is 42.9 Å². The van der Waals surface area contributed by atoms with E-state index in [0.717, 1.165) is 38.5 Å². The molecule has 0 aromatic rings. The summed E-state index contributed by atoms with van der Waals surface area (Å²) >= 11 is 0. The minimum atomic E-state index is -1.62. The van der Waals surface area contributed by atoms with Crippen LogP contribution in [0.15, 0.2) is 12.2 Å². The molecule has 0 rings (SSSR count). The summed E-state index contributed by atoms with van der Waals surface area (Å²) in [6.45, 7) is 4.86.